The zero-order valence-electron chi connectivity index (χ0n) is 11.0. The van der Waals surface area contributed by atoms with Gasteiger partial charge in [-0.05, 0) is 30.7 Å². The number of nitrogens with two attached hydrogens (primary N) is 1. The van der Waals surface area contributed by atoms with Gasteiger partial charge in [-0.1, -0.05) is 6.08 Å². The molecule has 0 aliphatic rings. The van der Waals surface area contributed by atoms with Gasteiger partial charge in [-0.2, -0.15) is 0 Å². The van der Waals surface area contributed by atoms with Crippen LogP contribution in [-0.2, 0) is 4.74 Å². The molecule has 0 amide bonds. The summed E-state index contributed by atoms with van der Waals surface area (Å²) >= 11 is 0. The molecule has 0 aliphatic carbocycles. The van der Waals surface area contributed by atoms with Crippen LogP contribution in [0, 0.1) is 5.82 Å². The molecule has 0 aliphatic heterocycles. The van der Waals surface area contributed by atoms with Crippen LogP contribution >= 0.6 is 0 Å². The fourth-order valence-electron chi connectivity index (χ4n) is 1.85. The van der Waals surface area contributed by atoms with Crippen molar-refractivity contribution in [1.82, 2.24) is 0 Å². The lowest BCUT2D eigenvalue weighted by molar-refractivity contribution is 0.205. The average molecular weight is 252 g/mol. The minimum absolute atomic E-state index is 0.217. The average Bonchev–Trinajstić information content (AvgIpc) is 2.34. The molecule has 2 N–H and O–H groups in total. The molecular formula is C14H21FN2O. The molecule has 18 heavy (non-hydrogen) atoms. The number of methoxy groups -OCH3 is 1. The third-order valence-electron chi connectivity index (χ3n) is 2.74. The van der Waals surface area contributed by atoms with E-state index in [9.17, 15) is 4.39 Å². The molecule has 0 heterocycles. The highest BCUT2D eigenvalue weighted by Gasteiger charge is 2.13. The number of benzene rings is 1. The van der Waals surface area contributed by atoms with E-state index in [1.807, 2.05) is 13.0 Å². The molecule has 0 spiro atoms. The van der Waals surface area contributed by atoms with E-state index in [1.165, 1.54) is 12.1 Å². The minimum atomic E-state index is -0.267. The smallest absolute Gasteiger partial charge is 0.123 e. The molecule has 0 saturated carbocycles. The Hall–Kier alpha value is -1.39. The zero-order valence-corrected chi connectivity index (χ0v) is 11.0. The molecule has 100 valence electrons. The lowest BCUT2D eigenvalue weighted by Crippen LogP contribution is -2.29. The van der Waals surface area contributed by atoms with Gasteiger partial charge in [0.25, 0.3) is 0 Å². The number of halogens is 1. The molecule has 1 aromatic rings. The van der Waals surface area contributed by atoms with Gasteiger partial charge >= 0.3 is 0 Å². The maximum atomic E-state index is 13.3. The molecule has 1 atom stereocenters. The van der Waals surface area contributed by atoms with Gasteiger partial charge in [0.15, 0.2) is 0 Å². The summed E-state index contributed by atoms with van der Waals surface area (Å²) in [4.78, 5) is 2.08. The number of anilines is 1. The summed E-state index contributed by atoms with van der Waals surface area (Å²) in [5.41, 5.74) is 7.63. The van der Waals surface area contributed by atoms with E-state index in [2.05, 4.69) is 11.5 Å². The van der Waals surface area contributed by atoms with Gasteiger partial charge in [0.05, 0.1) is 6.61 Å². The first-order chi connectivity index (χ1) is 8.60. The highest BCUT2D eigenvalue weighted by molar-refractivity contribution is 5.55. The third-order valence-corrected chi connectivity index (χ3v) is 2.74. The number of ether oxygens (including phenoxy) is 1. The number of nitrogens with zero attached hydrogens (tertiary/aromatic N) is 1. The van der Waals surface area contributed by atoms with Crippen LogP contribution in [0.5, 0.6) is 0 Å². The van der Waals surface area contributed by atoms with Crippen molar-refractivity contribution >= 4 is 5.69 Å². The highest BCUT2D eigenvalue weighted by atomic mass is 19.1. The third kappa shape index (κ3) is 3.82. The molecular weight excluding hydrogens is 231 g/mol. The number of rotatable bonds is 7. The van der Waals surface area contributed by atoms with Crippen molar-refractivity contribution in [2.75, 3.05) is 31.7 Å². The van der Waals surface area contributed by atoms with Crippen LogP contribution in [0.4, 0.5) is 10.1 Å². The van der Waals surface area contributed by atoms with Gasteiger partial charge < -0.3 is 15.4 Å². The van der Waals surface area contributed by atoms with Crippen LogP contribution in [0.2, 0.25) is 0 Å². The monoisotopic (exact) mass is 252 g/mol. The van der Waals surface area contributed by atoms with E-state index in [0.717, 1.165) is 11.3 Å². The molecule has 0 unspecified atom stereocenters. The first-order valence-electron chi connectivity index (χ1n) is 6.00. The molecule has 0 radical (unpaired) electrons. The zero-order chi connectivity index (χ0) is 13.5. The Bertz CT molecular complexity index is 393. The van der Waals surface area contributed by atoms with Crippen LogP contribution in [-0.4, -0.2) is 26.8 Å². The Balaban J connectivity index is 3.05. The van der Waals surface area contributed by atoms with Crippen molar-refractivity contribution in [2.24, 2.45) is 5.73 Å². The van der Waals surface area contributed by atoms with E-state index in [4.69, 9.17) is 10.5 Å². The second-order valence-electron chi connectivity index (χ2n) is 4.22. The van der Waals surface area contributed by atoms with Crippen molar-refractivity contribution in [2.45, 2.75) is 13.0 Å². The topological polar surface area (TPSA) is 38.5 Å². The molecule has 0 aromatic heterocycles. The van der Waals surface area contributed by atoms with Gasteiger partial charge in [0.2, 0.25) is 0 Å². The van der Waals surface area contributed by atoms with Gasteiger partial charge in [0.1, 0.15) is 5.82 Å². The standard InChI is InChI=1S/C14H21FN2O/c1-4-7-17(8-9-18-3)14-6-5-12(15)10-13(14)11(2)16/h4-6,10-11H,1,7-9,16H2,2-3H3/t11-/m0/s1. The van der Waals surface area contributed by atoms with Crippen molar-refractivity contribution in [3.8, 4) is 0 Å². The van der Waals surface area contributed by atoms with Crippen LogP contribution in [0.1, 0.15) is 18.5 Å². The second kappa shape index (κ2) is 7.13. The summed E-state index contributed by atoms with van der Waals surface area (Å²) in [6.07, 6.45) is 1.81. The maximum absolute atomic E-state index is 13.3. The summed E-state index contributed by atoms with van der Waals surface area (Å²) in [5.74, 6) is -0.267. The van der Waals surface area contributed by atoms with Crippen LogP contribution in [0.25, 0.3) is 0 Å². The van der Waals surface area contributed by atoms with Gasteiger partial charge in [-0.15, -0.1) is 6.58 Å². The lowest BCUT2D eigenvalue weighted by atomic mass is 10.1. The first-order valence-corrected chi connectivity index (χ1v) is 6.00. The summed E-state index contributed by atoms with van der Waals surface area (Å²) < 4.78 is 18.4. The Morgan fingerprint density at radius 2 is 2.28 bits per heavy atom. The van der Waals surface area contributed by atoms with Crippen molar-refractivity contribution in [3.63, 3.8) is 0 Å². The second-order valence-corrected chi connectivity index (χ2v) is 4.22. The van der Waals surface area contributed by atoms with Crippen LogP contribution in [0.3, 0.4) is 0 Å². The van der Waals surface area contributed by atoms with E-state index in [0.29, 0.717) is 19.7 Å². The molecule has 0 saturated heterocycles. The lowest BCUT2D eigenvalue weighted by Gasteiger charge is -2.27. The summed E-state index contributed by atoms with van der Waals surface area (Å²) in [6, 6.07) is 4.48. The van der Waals surface area contributed by atoms with E-state index < -0.39 is 0 Å². The summed E-state index contributed by atoms with van der Waals surface area (Å²) in [6.45, 7) is 7.58. The Morgan fingerprint density at radius 1 is 1.56 bits per heavy atom. The minimum Gasteiger partial charge on any atom is -0.383 e. The molecule has 4 heteroatoms. The van der Waals surface area contributed by atoms with E-state index >= 15 is 0 Å². The fourth-order valence-corrected chi connectivity index (χ4v) is 1.85. The predicted octanol–water partition coefficient (Wildman–Crippen LogP) is 2.48. The van der Waals surface area contributed by atoms with Gasteiger partial charge in [-0.3, -0.25) is 0 Å². The Kier molecular flexibility index (Phi) is 5.82. The maximum Gasteiger partial charge on any atom is 0.123 e. The van der Waals surface area contributed by atoms with Crippen molar-refractivity contribution in [3.05, 3.63) is 42.2 Å². The SMILES string of the molecule is C=CCN(CCOC)c1ccc(F)cc1[C@H](C)N. The summed E-state index contributed by atoms with van der Waals surface area (Å²) in [7, 11) is 1.66. The van der Waals surface area contributed by atoms with Gasteiger partial charge in [-0.25, -0.2) is 4.39 Å². The molecule has 0 fully saturated rings. The Morgan fingerprint density at radius 3 is 2.83 bits per heavy atom. The Labute approximate surface area is 108 Å². The van der Waals surface area contributed by atoms with E-state index in [-0.39, 0.29) is 11.9 Å². The van der Waals surface area contributed by atoms with Crippen LogP contribution < -0.4 is 10.6 Å². The van der Waals surface area contributed by atoms with Crippen LogP contribution in [0.15, 0.2) is 30.9 Å². The highest BCUT2D eigenvalue weighted by Crippen LogP contribution is 2.26. The summed E-state index contributed by atoms with van der Waals surface area (Å²) in [5, 5.41) is 0. The molecule has 1 rings (SSSR count). The molecule has 3 nitrogen and oxygen atoms in total. The molecule has 0 bridgehead atoms. The first kappa shape index (κ1) is 14.7. The largest absolute Gasteiger partial charge is 0.383 e. The van der Waals surface area contributed by atoms with Crippen molar-refractivity contribution in [1.29, 1.82) is 0 Å². The van der Waals surface area contributed by atoms with E-state index in [1.54, 1.807) is 13.2 Å². The quantitative estimate of drug-likeness (QED) is 0.758. The normalized spacial score (nSPS) is 12.2. The van der Waals surface area contributed by atoms with Gasteiger partial charge in [0, 0.05) is 31.9 Å². The van der Waals surface area contributed by atoms with Crippen molar-refractivity contribution < 1.29 is 9.13 Å². The predicted molar refractivity (Wildman–Crippen MR) is 73.3 cm³/mol. The number of hydrogen-bond acceptors (Lipinski definition) is 3. The molecule has 1 aromatic carbocycles. The number of hydrogen-bond donors (Lipinski definition) is 1. The fraction of sp³-hybridized carbons (Fsp3) is 0.429.